The number of nitrogens with one attached hydrogen (secondary N) is 1. The number of hydrazone groups is 1. The van der Waals surface area contributed by atoms with Crippen molar-refractivity contribution in [3.8, 4) is 0 Å². The van der Waals surface area contributed by atoms with E-state index in [4.69, 9.17) is 0 Å². The second-order valence-corrected chi connectivity index (χ2v) is 7.99. The largest absolute Gasteiger partial charge is 0.343 e. The van der Waals surface area contributed by atoms with Crippen LogP contribution in [0.1, 0.15) is 41.9 Å². The molecule has 126 valence electrons. The summed E-state index contributed by atoms with van der Waals surface area (Å²) in [5.41, 5.74) is 8.32. The summed E-state index contributed by atoms with van der Waals surface area (Å²) < 4.78 is 2.41. The van der Waals surface area contributed by atoms with E-state index in [1.165, 1.54) is 11.3 Å². The summed E-state index contributed by atoms with van der Waals surface area (Å²) >= 11 is 0. The van der Waals surface area contributed by atoms with Crippen molar-refractivity contribution in [2.45, 2.75) is 33.2 Å². The lowest BCUT2D eigenvalue weighted by Crippen LogP contribution is -2.30. The first-order valence-corrected chi connectivity index (χ1v) is 8.53. The molecule has 24 heavy (non-hydrogen) atoms. The number of nitrogens with zero attached hydrogens (tertiary/aromatic N) is 3. The van der Waals surface area contributed by atoms with E-state index in [-0.39, 0.29) is 11.3 Å². The molecule has 0 bridgehead atoms. The molecule has 0 radical (unpaired) electrons. The maximum atomic E-state index is 12.5. The Kier molecular flexibility index (Phi) is 3.32. The van der Waals surface area contributed by atoms with Crippen molar-refractivity contribution in [3.05, 3.63) is 35.0 Å². The zero-order valence-electron chi connectivity index (χ0n) is 14.8. The maximum Gasteiger partial charge on any atom is 0.272 e. The molecule has 2 aromatic rings. The summed E-state index contributed by atoms with van der Waals surface area (Å²) in [6, 6.07) is 6.02. The van der Waals surface area contributed by atoms with E-state index in [2.05, 4.69) is 54.0 Å². The van der Waals surface area contributed by atoms with Gasteiger partial charge in [0.1, 0.15) is 0 Å². The molecule has 2 heterocycles. The van der Waals surface area contributed by atoms with Gasteiger partial charge in [0.2, 0.25) is 0 Å². The molecular weight excluding hydrogens is 300 g/mol. The van der Waals surface area contributed by atoms with Crippen molar-refractivity contribution in [2.75, 3.05) is 20.6 Å². The number of likely N-dealkylation sites (N-methyl/N-ethyl adjacent to an activating group) is 1. The lowest BCUT2D eigenvalue weighted by molar-refractivity contribution is 0.0956. The molecule has 1 aromatic heterocycles. The van der Waals surface area contributed by atoms with Crippen LogP contribution in [-0.4, -0.2) is 41.7 Å². The summed E-state index contributed by atoms with van der Waals surface area (Å²) in [6.07, 6.45) is 1.90. The molecule has 0 saturated carbocycles. The third kappa shape index (κ3) is 2.26. The fourth-order valence-electron chi connectivity index (χ4n) is 4.02. The van der Waals surface area contributed by atoms with Gasteiger partial charge in [0, 0.05) is 35.2 Å². The monoisotopic (exact) mass is 324 g/mol. The molecule has 0 atom stereocenters. The second kappa shape index (κ2) is 5.18. The first kappa shape index (κ1) is 15.4. The minimum Gasteiger partial charge on any atom is -0.343 e. The molecule has 4 rings (SSSR count). The molecule has 2 aliphatic rings. The van der Waals surface area contributed by atoms with E-state index in [0.717, 1.165) is 48.1 Å². The van der Waals surface area contributed by atoms with Gasteiger partial charge in [-0.25, -0.2) is 5.43 Å². The van der Waals surface area contributed by atoms with Crippen LogP contribution >= 0.6 is 0 Å². The van der Waals surface area contributed by atoms with E-state index in [1.54, 1.807) is 0 Å². The molecule has 1 aromatic carbocycles. The van der Waals surface area contributed by atoms with Crippen LogP contribution in [-0.2, 0) is 13.0 Å². The van der Waals surface area contributed by atoms with Crippen LogP contribution in [0, 0.1) is 5.41 Å². The number of aromatic nitrogens is 1. The number of hydrogen-bond acceptors (Lipinski definition) is 3. The van der Waals surface area contributed by atoms with Crippen LogP contribution in [0.2, 0.25) is 0 Å². The van der Waals surface area contributed by atoms with Gasteiger partial charge < -0.3 is 9.47 Å². The standard InChI is InChI=1S/C19H24N4O/c1-19(2)10-13-17-15(11-19)23(9-8-22(3)4)14-7-5-6-12(16(14)17)18(24)21-20-13/h5-7H,8-11H2,1-4H3,(H,21,24). The fraction of sp³-hybridized carbons (Fsp3) is 0.474. The van der Waals surface area contributed by atoms with E-state index in [0.29, 0.717) is 0 Å². The molecule has 1 aliphatic carbocycles. The highest BCUT2D eigenvalue weighted by molar-refractivity contribution is 6.21. The predicted molar refractivity (Wildman–Crippen MR) is 96.6 cm³/mol. The van der Waals surface area contributed by atoms with Crippen molar-refractivity contribution in [3.63, 3.8) is 0 Å². The van der Waals surface area contributed by atoms with Crippen molar-refractivity contribution >= 4 is 22.5 Å². The van der Waals surface area contributed by atoms with Crippen LogP contribution in [0.4, 0.5) is 0 Å². The molecule has 0 saturated heterocycles. The highest BCUT2D eigenvalue weighted by atomic mass is 16.2. The van der Waals surface area contributed by atoms with Crippen molar-refractivity contribution < 1.29 is 4.79 Å². The number of carbonyl (C=O) groups is 1. The Hall–Kier alpha value is -2.14. The molecule has 1 amide bonds. The molecule has 1 N–H and O–H groups in total. The maximum absolute atomic E-state index is 12.5. The van der Waals surface area contributed by atoms with Gasteiger partial charge in [-0.2, -0.15) is 5.10 Å². The molecule has 0 unspecified atom stereocenters. The fourth-order valence-corrected chi connectivity index (χ4v) is 4.02. The predicted octanol–water partition coefficient (Wildman–Crippen LogP) is 2.62. The van der Waals surface area contributed by atoms with Gasteiger partial charge in [0.05, 0.1) is 11.3 Å². The number of hydrogen-bond donors (Lipinski definition) is 1. The van der Waals surface area contributed by atoms with Crippen molar-refractivity contribution in [2.24, 2.45) is 10.5 Å². The van der Waals surface area contributed by atoms with Gasteiger partial charge in [-0.05, 0) is 44.5 Å². The summed E-state index contributed by atoms with van der Waals surface area (Å²) in [7, 11) is 4.19. The average Bonchev–Trinajstić information content (AvgIpc) is 2.74. The molecule has 5 nitrogen and oxygen atoms in total. The van der Waals surface area contributed by atoms with Gasteiger partial charge in [-0.1, -0.05) is 19.9 Å². The van der Waals surface area contributed by atoms with Crippen LogP contribution < -0.4 is 5.43 Å². The quantitative estimate of drug-likeness (QED) is 0.943. The minimum absolute atomic E-state index is 0.104. The summed E-state index contributed by atoms with van der Waals surface area (Å²) in [5, 5.41) is 5.55. The van der Waals surface area contributed by atoms with Gasteiger partial charge in [0.25, 0.3) is 5.91 Å². The lowest BCUT2D eigenvalue weighted by Gasteiger charge is -2.31. The smallest absolute Gasteiger partial charge is 0.272 e. The first-order chi connectivity index (χ1) is 11.4. The molecule has 0 fully saturated rings. The van der Waals surface area contributed by atoms with E-state index in [9.17, 15) is 4.79 Å². The molecular formula is C19H24N4O. The Morgan fingerprint density at radius 3 is 2.83 bits per heavy atom. The third-order valence-corrected chi connectivity index (χ3v) is 5.09. The Morgan fingerprint density at radius 1 is 1.29 bits per heavy atom. The summed E-state index contributed by atoms with van der Waals surface area (Å²) in [4.78, 5) is 14.7. The Bertz CT molecular complexity index is 873. The van der Waals surface area contributed by atoms with Crippen LogP contribution in [0.3, 0.4) is 0 Å². The highest BCUT2D eigenvalue weighted by Gasteiger charge is 2.36. The Morgan fingerprint density at radius 2 is 2.08 bits per heavy atom. The summed E-state index contributed by atoms with van der Waals surface area (Å²) in [5.74, 6) is -0.104. The minimum atomic E-state index is -0.104. The van der Waals surface area contributed by atoms with Gasteiger partial charge in [-0.15, -0.1) is 0 Å². The molecule has 1 aliphatic heterocycles. The number of rotatable bonds is 3. The normalized spacial score (nSPS) is 18.5. The SMILES string of the molecule is CN(C)CCn1c2c3c4c(cccc41)C(=O)NN=C3CC(C)(C)C2. The molecule has 5 heteroatoms. The zero-order valence-corrected chi connectivity index (χ0v) is 14.8. The van der Waals surface area contributed by atoms with E-state index < -0.39 is 0 Å². The van der Waals surface area contributed by atoms with E-state index in [1.807, 2.05) is 12.1 Å². The topological polar surface area (TPSA) is 49.6 Å². The van der Waals surface area contributed by atoms with Crippen molar-refractivity contribution in [1.29, 1.82) is 0 Å². The van der Waals surface area contributed by atoms with Gasteiger partial charge in [0.15, 0.2) is 0 Å². The van der Waals surface area contributed by atoms with Gasteiger partial charge in [-0.3, -0.25) is 4.79 Å². The Balaban J connectivity index is 2.03. The van der Waals surface area contributed by atoms with Crippen LogP contribution in [0.5, 0.6) is 0 Å². The second-order valence-electron chi connectivity index (χ2n) is 7.99. The highest BCUT2D eigenvalue weighted by Crippen LogP contribution is 2.41. The number of carbonyl (C=O) groups excluding carboxylic acids is 1. The Labute approximate surface area is 142 Å². The summed E-state index contributed by atoms with van der Waals surface area (Å²) in [6.45, 7) is 6.45. The van der Waals surface area contributed by atoms with Gasteiger partial charge >= 0.3 is 0 Å². The third-order valence-electron chi connectivity index (χ3n) is 5.09. The zero-order chi connectivity index (χ0) is 17.1. The average molecular weight is 324 g/mol. The number of benzene rings is 1. The van der Waals surface area contributed by atoms with Crippen molar-refractivity contribution in [1.82, 2.24) is 14.9 Å². The van der Waals surface area contributed by atoms with E-state index >= 15 is 0 Å². The van der Waals surface area contributed by atoms with Crippen LogP contribution in [0.25, 0.3) is 10.9 Å². The number of amides is 1. The lowest BCUT2D eigenvalue weighted by atomic mass is 9.75. The first-order valence-electron chi connectivity index (χ1n) is 8.53. The van der Waals surface area contributed by atoms with Crippen LogP contribution in [0.15, 0.2) is 23.3 Å². The molecule has 0 spiro atoms.